The van der Waals surface area contributed by atoms with Gasteiger partial charge in [0.05, 0.1) is 12.2 Å². The van der Waals surface area contributed by atoms with Gasteiger partial charge in [-0.3, -0.25) is 0 Å². The number of hydrogen-bond acceptors (Lipinski definition) is 2. The highest BCUT2D eigenvalue weighted by atomic mass is 35.5. The molecule has 1 unspecified atom stereocenters. The second kappa shape index (κ2) is 4.95. The van der Waals surface area contributed by atoms with Gasteiger partial charge in [-0.1, -0.05) is 11.6 Å². The normalized spacial score (nSPS) is 14.1. The van der Waals surface area contributed by atoms with Crippen molar-refractivity contribution in [1.82, 2.24) is 9.78 Å². The number of rotatable bonds is 4. The molecular weight excluding hydrogens is 243 g/mol. The van der Waals surface area contributed by atoms with E-state index in [4.69, 9.17) is 17.3 Å². The van der Waals surface area contributed by atoms with Gasteiger partial charge in [0.2, 0.25) is 0 Å². The van der Waals surface area contributed by atoms with Crippen molar-refractivity contribution in [2.75, 3.05) is 5.73 Å². The van der Waals surface area contributed by atoms with Gasteiger partial charge in [-0.05, 0) is 19.8 Å². The number of aromatic nitrogens is 2. The Morgan fingerprint density at radius 1 is 1.56 bits per heavy atom. The molecule has 0 saturated carbocycles. The van der Waals surface area contributed by atoms with Crippen molar-refractivity contribution in [2.45, 2.75) is 38.4 Å². The topological polar surface area (TPSA) is 43.8 Å². The molecule has 92 valence electrons. The van der Waals surface area contributed by atoms with E-state index in [2.05, 4.69) is 5.10 Å². The van der Waals surface area contributed by atoms with Crippen LogP contribution >= 0.6 is 11.6 Å². The predicted molar refractivity (Wildman–Crippen MR) is 56.3 cm³/mol. The molecule has 0 aliphatic rings. The first-order valence-electron chi connectivity index (χ1n) is 4.86. The summed E-state index contributed by atoms with van der Waals surface area (Å²) >= 11 is 5.69. The molecule has 1 rings (SSSR count). The Bertz CT molecular complexity index is 348. The van der Waals surface area contributed by atoms with Crippen molar-refractivity contribution in [3.8, 4) is 0 Å². The average molecular weight is 256 g/mol. The third-order valence-corrected chi connectivity index (χ3v) is 2.58. The summed E-state index contributed by atoms with van der Waals surface area (Å²) in [6.45, 7) is 1.76. The molecule has 0 saturated heterocycles. The van der Waals surface area contributed by atoms with E-state index in [0.717, 1.165) is 0 Å². The number of nitrogen functional groups attached to an aromatic ring is 1. The van der Waals surface area contributed by atoms with Crippen LogP contribution in [0, 0.1) is 0 Å². The fourth-order valence-electron chi connectivity index (χ4n) is 1.42. The molecule has 7 heteroatoms. The number of anilines is 1. The van der Waals surface area contributed by atoms with E-state index in [1.54, 1.807) is 6.92 Å². The van der Waals surface area contributed by atoms with Gasteiger partial charge in [0.15, 0.2) is 0 Å². The van der Waals surface area contributed by atoms with Crippen LogP contribution in [-0.2, 0) is 0 Å². The number of alkyl halides is 3. The molecular formula is C9H13ClF3N3. The average Bonchev–Trinajstić information content (AvgIpc) is 2.45. The molecule has 2 N–H and O–H groups in total. The standard InChI is InChI=1S/C9H13ClF3N3/c1-6(3-2-4-9(11,12)13)16-8(14)7(10)5-15-16/h5-6H,2-4,14H2,1H3. The highest BCUT2D eigenvalue weighted by Gasteiger charge is 2.26. The molecule has 1 atom stereocenters. The number of nitrogens with zero attached hydrogens (tertiary/aromatic N) is 2. The van der Waals surface area contributed by atoms with Gasteiger partial charge in [0.25, 0.3) is 0 Å². The van der Waals surface area contributed by atoms with Crippen LogP contribution in [0.4, 0.5) is 19.0 Å². The Labute approximate surface area is 96.4 Å². The van der Waals surface area contributed by atoms with Gasteiger partial charge >= 0.3 is 6.18 Å². The SMILES string of the molecule is CC(CCCC(F)(F)F)n1ncc(Cl)c1N. The molecule has 3 nitrogen and oxygen atoms in total. The monoisotopic (exact) mass is 255 g/mol. The van der Waals surface area contributed by atoms with Gasteiger partial charge < -0.3 is 5.73 Å². The number of hydrogen-bond donors (Lipinski definition) is 1. The molecule has 0 radical (unpaired) electrons. The lowest BCUT2D eigenvalue weighted by molar-refractivity contribution is -0.135. The van der Waals surface area contributed by atoms with Crippen molar-refractivity contribution in [2.24, 2.45) is 0 Å². The molecule has 0 amide bonds. The minimum absolute atomic E-state index is 0.0571. The van der Waals surface area contributed by atoms with E-state index < -0.39 is 12.6 Å². The minimum Gasteiger partial charge on any atom is -0.383 e. The maximum Gasteiger partial charge on any atom is 0.389 e. The first-order valence-corrected chi connectivity index (χ1v) is 5.24. The van der Waals surface area contributed by atoms with Crippen LogP contribution in [0.2, 0.25) is 5.02 Å². The first-order chi connectivity index (χ1) is 7.31. The summed E-state index contributed by atoms with van der Waals surface area (Å²) in [5, 5.41) is 4.23. The van der Waals surface area contributed by atoms with E-state index >= 15 is 0 Å². The van der Waals surface area contributed by atoms with Crippen LogP contribution in [0.5, 0.6) is 0 Å². The Balaban J connectivity index is 2.47. The zero-order chi connectivity index (χ0) is 12.3. The second-order valence-electron chi connectivity index (χ2n) is 3.68. The van der Waals surface area contributed by atoms with Gasteiger partial charge in [-0.2, -0.15) is 18.3 Å². The molecule has 16 heavy (non-hydrogen) atoms. The Kier molecular flexibility index (Phi) is 4.07. The third-order valence-electron chi connectivity index (χ3n) is 2.29. The molecule has 1 aromatic heterocycles. The molecule has 0 spiro atoms. The molecule has 1 heterocycles. The zero-order valence-electron chi connectivity index (χ0n) is 8.76. The molecule has 0 aliphatic heterocycles. The van der Waals surface area contributed by atoms with Crippen molar-refractivity contribution < 1.29 is 13.2 Å². The number of nitrogens with two attached hydrogens (primary N) is 1. The smallest absolute Gasteiger partial charge is 0.383 e. The number of halogens is 4. The van der Waals surface area contributed by atoms with Gasteiger partial charge in [-0.25, -0.2) is 4.68 Å². The lowest BCUT2D eigenvalue weighted by Gasteiger charge is -2.14. The summed E-state index contributed by atoms with van der Waals surface area (Å²) < 4.78 is 37.2. The maximum atomic E-state index is 11.9. The van der Waals surface area contributed by atoms with E-state index in [9.17, 15) is 13.2 Å². The molecule has 0 fully saturated rings. The van der Waals surface area contributed by atoms with E-state index in [0.29, 0.717) is 17.3 Å². The van der Waals surface area contributed by atoms with Crippen molar-refractivity contribution in [1.29, 1.82) is 0 Å². The summed E-state index contributed by atoms with van der Waals surface area (Å²) in [5.74, 6) is 0.293. The van der Waals surface area contributed by atoms with Crippen LogP contribution < -0.4 is 5.73 Å². The highest BCUT2D eigenvalue weighted by molar-refractivity contribution is 6.32. The van der Waals surface area contributed by atoms with Crippen LogP contribution in [0.3, 0.4) is 0 Å². The summed E-state index contributed by atoms with van der Waals surface area (Å²) in [6.07, 6.45) is -3.08. The van der Waals surface area contributed by atoms with Gasteiger partial charge in [0.1, 0.15) is 10.8 Å². The van der Waals surface area contributed by atoms with E-state index in [-0.39, 0.29) is 12.5 Å². The first kappa shape index (κ1) is 13.2. The van der Waals surface area contributed by atoms with E-state index in [1.165, 1.54) is 10.9 Å². The van der Waals surface area contributed by atoms with Crippen molar-refractivity contribution >= 4 is 17.4 Å². The predicted octanol–water partition coefficient (Wildman–Crippen LogP) is 3.41. The third kappa shape index (κ3) is 3.59. The lowest BCUT2D eigenvalue weighted by atomic mass is 10.1. The second-order valence-corrected chi connectivity index (χ2v) is 4.09. The Hall–Kier alpha value is -0.910. The summed E-state index contributed by atoms with van der Waals surface area (Å²) in [7, 11) is 0. The van der Waals surface area contributed by atoms with Crippen LogP contribution in [0.25, 0.3) is 0 Å². The fourth-order valence-corrected chi connectivity index (χ4v) is 1.55. The summed E-state index contributed by atoms with van der Waals surface area (Å²) in [6, 6.07) is -0.185. The molecule has 1 aromatic rings. The molecule has 0 aromatic carbocycles. The van der Waals surface area contributed by atoms with Crippen molar-refractivity contribution in [3.05, 3.63) is 11.2 Å². The van der Waals surface area contributed by atoms with Crippen LogP contribution in [-0.4, -0.2) is 16.0 Å². The van der Waals surface area contributed by atoms with E-state index in [1.807, 2.05) is 0 Å². The summed E-state index contributed by atoms with van der Waals surface area (Å²) in [5.41, 5.74) is 5.61. The maximum absolute atomic E-state index is 11.9. The summed E-state index contributed by atoms with van der Waals surface area (Å²) in [4.78, 5) is 0. The highest BCUT2D eigenvalue weighted by Crippen LogP contribution is 2.27. The molecule has 0 aliphatic carbocycles. The molecule has 0 bridgehead atoms. The quantitative estimate of drug-likeness (QED) is 0.896. The van der Waals surface area contributed by atoms with Crippen molar-refractivity contribution in [3.63, 3.8) is 0 Å². The Morgan fingerprint density at radius 3 is 2.62 bits per heavy atom. The largest absolute Gasteiger partial charge is 0.389 e. The van der Waals surface area contributed by atoms with Crippen LogP contribution in [0.15, 0.2) is 6.20 Å². The van der Waals surface area contributed by atoms with Gasteiger partial charge in [-0.15, -0.1) is 0 Å². The van der Waals surface area contributed by atoms with Gasteiger partial charge in [0, 0.05) is 6.42 Å². The lowest BCUT2D eigenvalue weighted by Crippen LogP contribution is -2.12. The zero-order valence-corrected chi connectivity index (χ0v) is 9.52. The van der Waals surface area contributed by atoms with Crippen LogP contribution in [0.1, 0.15) is 32.2 Å². The minimum atomic E-state index is -4.10. The Morgan fingerprint density at radius 2 is 2.19 bits per heavy atom. The fraction of sp³-hybridized carbons (Fsp3) is 0.667.